The number of nitrogens with zero attached hydrogens (tertiary/aromatic N) is 2. The fraction of sp³-hybridized carbons (Fsp3) is 0.667. The summed E-state index contributed by atoms with van der Waals surface area (Å²) in [5.41, 5.74) is -0.745. The van der Waals surface area contributed by atoms with Crippen LogP contribution in [0.25, 0.3) is 0 Å². The van der Waals surface area contributed by atoms with Crippen LogP contribution in [0.2, 0.25) is 0 Å². The quantitative estimate of drug-likeness (QED) is 0.677. The SMILES string of the molecule is CC1=CCN(C(=O)C2(C#N)CC2C(F)(F)F)CC1. The molecule has 0 aromatic rings. The predicted molar refractivity (Wildman–Crippen MR) is 57.2 cm³/mol. The fourth-order valence-electron chi connectivity index (χ4n) is 2.30. The summed E-state index contributed by atoms with van der Waals surface area (Å²) >= 11 is 0. The lowest BCUT2D eigenvalue weighted by atomic mass is 10.0. The van der Waals surface area contributed by atoms with Crippen molar-refractivity contribution in [1.29, 1.82) is 5.26 Å². The first-order valence-electron chi connectivity index (χ1n) is 5.74. The lowest BCUT2D eigenvalue weighted by Gasteiger charge is -2.27. The van der Waals surface area contributed by atoms with Crippen molar-refractivity contribution in [2.24, 2.45) is 11.3 Å². The third-order valence-electron chi connectivity index (χ3n) is 3.66. The van der Waals surface area contributed by atoms with Crippen molar-refractivity contribution in [3.8, 4) is 6.07 Å². The third-order valence-corrected chi connectivity index (χ3v) is 3.66. The van der Waals surface area contributed by atoms with Gasteiger partial charge in [-0.2, -0.15) is 18.4 Å². The molecule has 1 aliphatic heterocycles. The van der Waals surface area contributed by atoms with Crippen molar-refractivity contribution >= 4 is 5.91 Å². The van der Waals surface area contributed by atoms with E-state index in [9.17, 15) is 18.0 Å². The van der Waals surface area contributed by atoms with Crippen LogP contribution in [0.15, 0.2) is 11.6 Å². The molecule has 0 N–H and O–H groups in total. The molecule has 0 bridgehead atoms. The Morgan fingerprint density at radius 2 is 2.28 bits per heavy atom. The Labute approximate surface area is 103 Å². The van der Waals surface area contributed by atoms with Crippen molar-refractivity contribution in [3.05, 3.63) is 11.6 Å². The zero-order valence-corrected chi connectivity index (χ0v) is 9.92. The summed E-state index contributed by atoms with van der Waals surface area (Å²) in [5.74, 6) is -2.47. The molecule has 0 saturated heterocycles. The van der Waals surface area contributed by atoms with Gasteiger partial charge in [0.05, 0.1) is 12.0 Å². The van der Waals surface area contributed by atoms with Gasteiger partial charge in [0.25, 0.3) is 0 Å². The van der Waals surface area contributed by atoms with Gasteiger partial charge in [0.1, 0.15) is 5.41 Å². The number of amides is 1. The Morgan fingerprint density at radius 1 is 1.61 bits per heavy atom. The Balaban J connectivity index is 2.13. The van der Waals surface area contributed by atoms with Gasteiger partial charge in [-0.25, -0.2) is 0 Å². The molecule has 1 fully saturated rings. The summed E-state index contributed by atoms with van der Waals surface area (Å²) < 4.78 is 37.7. The Hall–Kier alpha value is -1.51. The van der Waals surface area contributed by atoms with Crippen LogP contribution in [0.3, 0.4) is 0 Å². The minimum absolute atomic E-state index is 0.304. The second kappa shape index (κ2) is 4.01. The topological polar surface area (TPSA) is 44.1 Å². The standard InChI is InChI=1S/C12H13F3N2O/c1-8-2-4-17(5-3-8)10(18)11(7-16)6-9(11)12(13,14)15/h2,9H,3-6H2,1H3. The van der Waals surface area contributed by atoms with Crippen LogP contribution in [-0.2, 0) is 4.79 Å². The van der Waals surface area contributed by atoms with E-state index in [1.54, 1.807) is 6.07 Å². The highest BCUT2D eigenvalue weighted by Crippen LogP contribution is 2.60. The number of halogens is 3. The van der Waals surface area contributed by atoms with Crippen LogP contribution in [0, 0.1) is 22.7 Å². The van der Waals surface area contributed by atoms with E-state index < -0.39 is 29.8 Å². The molecule has 0 spiro atoms. The van der Waals surface area contributed by atoms with E-state index in [1.165, 1.54) is 4.90 Å². The molecular weight excluding hydrogens is 245 g/mol. The number of carbonyl (C=O) groups excluding carboxylic acids is 1. The molecule has 2 rings (SSSR count). The molecule has 0 radical (unpaired) electrons. The van der Waals surface area contributed by atoms with Gasteiger partial charge in [-0.15, -0.1) is 0 Å². The predicted octanol–water partition coefficient (Wildman–Crippen LogP) is 2.26. The summed E-state index contributed by atoms with van der Waals surface area (Å²) in [7, 11) is 0. The van der Waals surface area contributed by atoms with Crippen molar-refractivity contribution in [2.75, 3.05) is 13.1 Å². The number of carbonyl (C=O) groups is 1. The van der Waals surface area contributed by atoms with E-state index in [4.69, 9.17) is 5.26 Å². The first-order chi connectivity index (χ1) is 8.31. The van der Waals surface area contributed by atoms with E-state index in [0.29, 0.717) is 19.5 Å². The maximum absolute atomic E-state index is 12.6. The van der Waals surface area contributed by atoms with E-state index in [0.717, 1.165) is 5.57 Å². The van der Waals surface area contributed by atoms with Gasteiger partial charge in [-0.3, -0.25) is 4.79 Å². The van der Waals surface area contributed by atoms with Crippen LogP contribution in [0.4, 0.5) is 13.2 Å². The van der Waals surface area contributed by atoms with Gasteiger partial charge in [0.2, 0.25) is 5.91 Å². The van der Waals surface area contributed by atoms with Crippen molar-refractivity contribution < 1.29 is 18.0 Å². The van der Waals surface area contributed by atoms with Gasteiger partial charge in [-0.05, 0) is 19.8 Å². The maximum atomic E-state index is 12.6. The first-order valence-corrected chi connectivity index (χ1v) is 5.74. The highest BCUT2D eigenvalue weighted by atomic mass is 19.4. The third kappa shape index (κ3) is 1.98. The maximum Gasteiger partial charge on any atom is 0.393 e. The molecule has 98 valence electrons. The average molecular weight is 258 g/mol. The molecule has 18 heavy (non-hydrogen) atoms. The fourth-order valence-corrected chi connectivity index (χ4v) is 2.30. The van der Waals surface area contributed by atoms with Gasteiger partial charge in [0, 0.05) is 13.1 Å². The smallest absolute Gasteiger partial charge is 0.337 e. The number of rotatable bonds is 1. The molecule has 3 nitrogen and oxygen atoms in total. The zero-order valence-electron chi connectivity index (χ0n) is 9.92. The molecule has 0 aromatic heterocycles. The second-order valence-corrected chi connectivity index (χ2v) is 4.93. The number of hydrogen-bond donors (Lipinski definition) is 0. The van der Waals surface area contributed by atoms with Crippen molar-refractivity contribution in [1.82, 2.24) is 4.90 Å². The number of hydrogen-bond acceptors (Lipinski definition) is 2. The number of alkyl halides is 3. The Kier molecular flexibility index (Phi) is 2.88. The van der Waals surface area contributed by atoms with Crippen LogP contribution in [-0.4, -0.2) is 30.1 Å². The minimum Gasteiger partial charge on any atom is -0.337 e. The summed E-state index contributed by atoms with van der Waals surface area (Å²) in [6.07, 6.45) is -2.39. The van der Waals surface area contributed by atoms with Crippen molar-refractivity contribution in [3.63, 3.8) is 0 Å². The lowest BCUT2D eigenvalue weighted by Crippen LogP contribution is -2.41. The lowest BCUT2D eigenvalue weighted by molar-refractivity contribution is -0.161. The molecular formula is C12H13F3N2O. The van der Waals surface area contributed by atoms with Crippen molar-refractivity contribution in [2.45, 2.75) is 25.9 Å². The van der Waals surface area contributed by atoms with E-state index >= 15 is 0 Å². The van der Waals surface area contributed by atoms with E-state index in [1.807, 2.05) is 13.0 Å². The van der Waals surface area contributed by atoms with E-state index in [-0.39, 0.29) is 0 Å². The van der Waals surface area contributed by atoms with Gasteiger partial charge < -0.3 is 4.90 Å². The molecule has 1 saturated carbocycles. The zero-order chi connectivity index (χ0) is 13.6. The summed E-state index contributed by atoms with van der Waals surface area (Å²) in [4.78, 5) is 13.4. The summed E-state index contributed by atoms with van der Waals surface area (Å²) in [6, 6.07) is 1.59. The molecule has 2 unspecified atom stereocenters. The molecule has 6 heteroatoms. The Morgan fingerprint density at radius 3 is 2.67 bits per heavy atom. The van der Waals surface area contributed by atoms with Crippen LogP contribution in [0.1, 0.15) is 19.8 Å². The number of nitriles is 1. The normalized spacial score (nSPS) is 31.6. The summed E-state index contributed by atoms with van der Waals surface area (Å²) in [6.45, 7) is 2.62. The van der Waals surface area contributed by atoms with Crippen LogP contribution < -0.4 is 0 Å². The summed E-state index contributed by atoms with van der Waals surface area (Å²) in [5, 5.41) is 8.93. The van der Waals surface area contributed by atoms with Gasteiger partial charge in [-0.1, -0.05) is 11.6 Å². The largest absolute Gasteiger partial charge is 0.393 e. The molecule has 0 aromatic carbocycles. The highest BCUT2D eigenvalue weighted by molar-refractivity contribution is 5.89. The minimum atomic E-state index is -4.47. The van der Waals surface area contributed by atoms with Crippen LogP contribution in [0.5, 0.6) is 0 Å². The van der Waals surface area contributed by atoms with Crippen LogP contribution >= 0.6 is 0 Å². The van der Waals surface area contributed by atoms with E-state index in [2.05, 4.69) is 0 Å². The molecule has 2 atom stereocenters. The first kappa shape index (κ1) is 12.9. The molecule has 1 amide bonds. The highest BCUT2D eigenvalue weighted by Gasteiger charge is 2.72. The molecule has 1 aliphatic carbocycles. The molecule has 2 aliphatic rings. The Bertz CT molecular complexity index is 449. The average Bonchev–Trinajstić information content (AvgIpc) is 3.05. The monoisotopic (exact) mass is 258 g/mol. The van der Waals surface area contributed by atoms with Gasteiger partial charge >= 0.3 is 6.18 Å². The molecule has 1 heterocycles. The second-order valence-electron chi connectivity index (χ2n) is 4.93. The van der Waals surface area contributed by atoms with Gasteiger partial charge in [0.15, 0.2) is 0 Å².